The molecule has 0 spiro atoms. The van der Waals surface area contributed by atoms with Gasteiger partial charge in [-0.15, -0.1) is 0 Å². The van der Waals surface area contributed by atoms with Crippen molar-refractivity contribution in [1.82, 2.24) is 4.90 Å². The number of aromatic hydroxyl groups is 1. The molecule has 36 heavy (non-hydrogen) atoms. The van der Waals surface area contributed by atoms with Gasteiger partial charge in [0.15, 0.2) is 11.6 Å². The SMILES string of the molecule is CC1=CC(=O)C2=C(C1=O)[C@@H](c1ccc(O)c3ccccc13)C1=CC[C@@H]3C(=O)N(C(N)=O)C(=O)[C@@H]3[C@@H]1C2. The minimum absolute atomic E-state index is 0.0874. The number of amides is 4. The predicted molar refractivity (Wildman–Crippen MR) is 128 cm³/mol. The van der Waals surface area contributed by atoms with Crippen LogP contribution < -0.4 is 5.73 Å². The number of benzene rings is 2. The smallest absolute Gasteiger partial charge is 0.328 e. The van der Waals surface area contributed by atoms with Crippen molar-refractivity contribution >= 4 is 40.2 Å². The number of allylic oxidation sites excluding steroid dienone is 6. The van der Waals surface area contributed by atoms with E-state index in [0.717, 1.165) is 16.5 Å². The highest BCUT2D eigenvalue weighted by Gasteiger charge is 2.57. The van der Waals surface area contributed by atoms with Crippen LogP contribution in [0.15, 0.2) is 70.8 Å². The van der Waals surface area contributed by atoms with Gasteiger partial charge in [0.25, 0.3) is 0 Å². The molecule has 8 nitrogen and oxygen atoms in total. The first-order valence-electron chi connectivity index (χ1n) is 11.8. The number of phenolic OH excluding ortho intramolecular Hbond substituents is 1. The minimum atomic E-state index is -1.11. The number of hydrogen-bond acceptors (Lipinski definition) is 6. The molecule has 0 unspecified atom stereocenters. The first kappa shape index (κ1) is 22.2. The molecule has 4 atom stereocenters. The third-order valence-electron chi connectivity index (χ3n) is 8.03. The lowest BCUT2D eigenvalue weighted by Gasteiger charge is -2.42. The zero-order chi connectivity index (χ0) is 25.5. The maximum Gasteiger partial charge on any atom is 0.328 e. The van der Waals surface area contributed by atoms with E-state index in [-0.39, 0.29) is 30.2 Å². The molecule has 4 amide bonds. The molecule has 2 aromatic rings. The predicted octanol–water partition coefficient (Wildman–Crippen LogP) is 3.05. The number of urea groups is 1. The summed E-state index contributed by atoms with van der Waals surface area (Å²) in [4.78, 5) is 65.2. The number of ketones is 2. The van der Waals surface area contributed by atoms with Crippen molar-refractivity contribution in [3.05, 3.63) is 76.4 Å². The Bertz CT molecular complexity index is 1540. The molecule has 3 aliphatic carbocycles. The Morgan fingerprint density at radius 2 is 1.72 bits per heavy atom. The van der Waals surface area contributed by atoms with E-state index < -0.39 is 41.5 Å². The highest BCUT2D eigenvalue weighted by atomic mass is 16.3. The highest BCUT2D eigenvalue weighted by molar-refractivity contribution is 6.24. The number of likely N-dealkylation sites (tertiary alicyclic amines) is 1. The van der Waals surface area contributed by atoms with E-state index in [1.807, 2.05) is 18.2 Å². The zero-order valence-electron chi connectivity index (χ0n) is 19.4. The van der Waals surface area contributed by atoms with Crippen LogP contribution in [0.5, 0.6) is 5.75 Å². The molecule has 6 rings (SSSR count). The molecule has 1 heterocycles. The average molecular weight is 482 g/mol. The second-order valence-corrected chi connectivity index (χ2v) is 9.80. The van der Waals surface area contributed by atoms with E-state index in [1.165, 1.54) is 6.08 Å². The molecule has 0 saturated carbocycles. The van der Waals surface area contributed by atoms with E-state index in [1.54, 1.807) is 31.2 Å². The Kier molecular flexibility index (Phi) is 4.67. The first-order valence-corrected chi connectivity index (χ1v) is 11.8. The lowest BCUT2D eigenvalue weighted by Crippen LogP contribution is -2.42. The van der Waals surface area contributed by atoms with Crippen LogP contribution in [-0.2, 0) is 19.2 Å². The van der Waals surface area contributed by atoms with E-state index in [0.29, 0.717) is 27.0 Å². The molecule has 0 bridgehead atoms. The van der Waals surface area contributed by atoms with Crippen LogP contribution in [0.25, 0.3) is 10.8 Å². The Morgan fingerprint density at radius 1 is 1.00 bits per heavy atom. The molecular formula is C28H22N2O6. The fourth-order valence-electron chi connectivity index (χ4n) is 6.49. The summed E-state index contributed by atoms with van der Waals surface area (Å²) in [6.45, 7) is 1.61. The largest absolute Gasteiger partial charge is 0.507 e. The van der Waals surface area contributed by atoms with Crippen molar-refractivity contribution in [1.29, 1.82) is 0 Å². The summed E-state index contributed by atoms with van der Waals surface area (Å²) in [5.41, 5.74) is 7.89. The number of fused-ring (bicyclic) bond motifs is 4. The van der Waals surface area contributed by atoms with E-state index in [2.05, 4.69) is 0 Å². The summed E-state index contributed by atoms with van der Waals surface area (Å²) in [6.07, 6.45) is 3.54. The number of rotatable bonds is 1. The van der Waals surface area contributed by atoms with Crippen molar-refractivity contribution in [3.63, 3.8) is 0 Å². The molecule has 4 aliphatic rings. The topological polar surface area (TPSA) is 135 Å². The van der Waals surface area contributed by atoms with Gasteiger partial charge in [-0.25, -0.2) is 4.79 Å². The fourth-order valence-corrected chi connectivity index (χ4v) is 6.49. The fraction of sp³-hybridized carbons (Fsp3) is 0.250. The molecule has 0 radical (unpaired) electrons. The second-order valence-electron chi connectivity index (χ2n) is 9.80. The molecule has 3 N–H and O–H groups in total. The Morgan fingerprint density at radius 3 is 2.44 bits per heavy atom. The Labute approximate surface area is 205 Å². The average Bonchev–Trinajstić information content (AvgIpc) is 3.12. The second kappa shape index (κ2) is 7.58. The van der Waals surface area contributed by atoms with E-state index in [4.69, 9.17) is 5.73 Å². The third kappa shape index (κ3) is 2.84. The first-order chi connectivity index (χ1) is 17.2. The highest BCUT2D eigenvalue weighted by Crippen LogP contribution is 2.56. The van der Waals surface area contributed by atoms with Crippen molar-refractivity contribution < 1.29 is 29.1 Å². The molecule has 1 fully saturated rings. The van der Waals surface area contributed by atoms with Gasteiger partial charge >= 0.3 is 6.03 Å². The van der Waals surface area contributed by atoms with Crippen molar-refractivity contribution in [2.45, 2.75) is 25.7 Å². The quantitative estimate of drug-likeness (QED) is 0.364. The summed E-state index contributed by atoms with van der Waals surface area (Å²) >= 11 is 0. The van der Waals surface area contributed by atoms with Crippen LogP contribution in [0.4, 0.5) is 4.79 Å². The van der Waals surface area contributed by atoms with Crippen LogP contribution >= 0.6 is 0 Å². The monoisotopic (exact) mass is 482 g/mol. The normalized spacial score (nSPS) is 27.5. The van der Waals surface area contributed by atoms with Gasteiger partial charge in [-0.3, -0.25) is 19.2 Å². The summed E-state index contributed by atoms with van der Waals surface area (Å²) in [7, 11) is 0. The maximum atomic E-state index is 13.5. The minimum Gasteiger partial charge on any atom is -0.507 e. The molecule has 180 valence electrons. The number of carbonyl (C=O) groups excluding carboxylic acids is 5. The summed E-state index contributed by atoms with van der Waals surface area (Å²) in [6, 6.07) is 9.44. The van der Waals surface area contributed by atoms with Crippen molar-refractivity contribution in [3.8, 4) is 5.75 Å². The van der Waals surface area contributed by atoms with Crippen LogP contribution in [0.3, 0.4) is 0 Å². The number of nitrogens with zero attached hydrogens (tertiary/aromatic N) is 1. The maximum absolute atomic E-state index is 13.5. The van der Waals surface area contributed by atoms with Crippen LogP contribution in [0.2, 0.25) is 0 Å². The van der Waals surface area contributed by atoms with Crippen LogP contribution in [-0.4, -0.2) is 39.4 Å². The van der Waals surface area contributed by atoms with Gasteiger partial charge in [0, 0.05) is 28.0 Å². The summed E-state index contributed by atoms with van der Waals surface area (Å²) in [5.74, 6) is -4.51. The number of phenols is 1. The molecule has 0 aromatic heterocycles. The number of primary amides is 1. The van der Waals surface area contributed by atoms with Gasteiger partial charge in [-0.2, -0.15) is 4.90 Å². The Hall–Kier alpha value is -4.33. The molecule has 1 aliphatic heterocycles. The lowest BCUT2D eigenvalue weighted by atomic mass is 9.59. The standard InChI is InChI=1S/C28H22N2O6/c1-12-10-21(32)19-11-18-16(6-7-17-23(18)27(35)30(26(17)34)28(29)36)22(24(19)25(12)33)15-8-9-20(31)14-5-3-2-4-13(14)15/h2-6,8-10,17-18,22-23,31H,7,11H2,1H3,(H2,29,36)/t17-,18+,22-,23-/m0/s1. The lowest BCUT2D eigenvalue weighted by molar-refractivity contribution is -0.136. The van der Waals surface area contributed by atoms with E-state index >= 15 is 0 Å². The number of imide groups is 3. The van der Waals surface area contributed by atoms with Crippen molar-refractivity contribution in [2.75, 3.05) is 0 Å². The molecule has 1 saturated heterocycles. The molecule has 2 aromatic carbocycles. The van der Waals surface area contributed by atoms with Crippen molar-refractivity contribution in [2.24, 2.45) is 23.5 Å². The Balaban J connectivity index is 1.60. The molecule has 8 heteroatoms. The van der Waals surface area contributed by atoms with Gasteiger partial charge in [0.05, 0.1) is 11.8 Å². The molecular weight excluding hydrogens is 460 g/mol. The summed E-state index contributed by atoms with van der Waals surface area (Å²) in [5, 5.41) is 11.8. The third-order valence-corrected chi connectivity index (χ3v) is 8.03. The van der Waals surface area contributed by atoms with Gasteiger partial charge < -0.3 is 10.8 Å². The van der Waals surface area contributed by atoms with Gasteiger partial charge in [-0.1, -0.05) is 42.0 Å². The van der Waals surface area contributed by atoms with E-state index in [9.17, 15) is 29.1 Å². The summed E-state index contributed by atoms with van der Waals surface area (Å²) < 4.78 is 0. The zero-order valence-corrected chi connectivity index (χ0v) is 19.4. The number of carbonyl (C=O) groups is 5. The van der Waals surface area contributed by atoms with Gasteiger partial charge in [-0.05, 0) is 48.8 Å². The van der Waals surface area contributed by atoms with Crippen LogP contribution in [0, 0.1) is 17.8 Å². The van der Waals surface area contributed by atoms with Crippen LogP contribution in [0.1, 0.15) is 31.2 Å². The number of Topliss-reactive ketones (excluding diaryl/α,β-unsaturated/α-hetero) is 1. The number of hydrogen-bond donors (Lipinski definition) is 2. The van der Waals surface area contributed by atoms with Gasteiger partial charge in [0.1, 0.15) is 5.75 Å². The van der Waals surface area contributed by atoms with Gasteiger partial charge in [0.2, 0.25) is 11.8 Å². The number of nitrogens with two attached hydrogens (primary N) is 1.